The normalized spacial score (nSPS) is 10.6. The predicted octanol–water partition coefficient (Wildman–Crippen LogP) is 6.64. The Hall–Kier alpha value is -3.09. The average molecular weight is 433 g/mol. The van der Waals surface area contributed by atoms with E-state index in [1.807, 2.05) is 60.0 Å². The maximum absolute atomic E-state index is 12.3. The number of carbonyl (C=O) groups excluding carboxylic acids is 1. The summed E-state index contributed by atoms with van der Waals surface area (Å²) in [5.41, 5.74) is 3.99. The molecule has 1 heterocycles. The van der Waals surface area contributed by atoms with Crippen LogP contribution in [-0.2, 0) is 4.79 Å². The van der Waals surface area contributed by atoms with E-state index < -0.39 is 0 Å². The van der Waals surface area contributed by atoms with Crippen LogP contribution in [0.3, 0.4) is 0 Å². The molecule has 0 saturated heterocycles. The molecule has 1 amide bonds. The lowest BCUT2D eigenvalue weighted by Gasteiger charge is -2.07. The second-order valence-electron chi connectivity index (χ2n) is 6.64. The number of amides is 1. The number of anilines is 1. The number of para-hydroxylation sites is 1. The van der Waals surface area contributed by atoms with Gasteiger partial charge in [-0.15, -0.1) is 11.3 Å². The number of hydrogen-bond acceptors (Lipinski definition) is 5. The summed E-state index contributed by atoms with van der Waals surface area (Å²) in [6.07, 6.45) is 0. The summed E-state index contributed by atoms with van der Waals surface area (Å²) in [6.45, 7) is 2.06. The van der Waals surface area contributed by atoms with Crippen LogP contribution in [0.4, 0.5) is 5.69 Å². The lowest BCUT2D eigenvalue weighted by atomic mass is 10.1. The van der Waals surface area contributed by atoms with Crippen molar-refractivity contribution in [1.82, 2.24) is 4.98 Å². The molecule has 150 valence electrons. The van der Waals surface area contributed by atoms with E-state index >= 15 is 0 Å². The molecule has 4 aromatic rings. The average Bonchev–Trinajstić information content (AvgIpc) is 3.24. The molecule has 0 atom stereocenters. The molecule has 0 aliphatic rings. The molecule has 6 heteroatoms. The summed E-state index contributed by atoms with van der Waals surface area (Å²) in [6, 6.07) is 25.2. The molecule has 0 aliphatic carbocycles. The minimum absolute atomic E-state index is 0.0659. The number of thiazole rings is 1. The Kier molecular flexibility index (Phi) is 6.47. The highest BCUT2D eigenvalue weighted by Crippen LogP contribution is 2.29. The predicted molar refractivity (Wildman–Crippen MR) is 125 cm³/mol. The Balaban J connectivity index is 1.28. The van der Waals surface area contributed by atoms with Gasteiger partial charge in [0.25, 0.3) is 0 Å². The third-order valence-electron chi connectivity index (χ3n) is 4.27. The third-order valence-corrected chi connectivity index (χ3v) is 6.30. The molecule has 3 aromatic carbocycles. The maximum Gasteiger partial charge on any atom is 0.234 e. The van der Waals surface area contributed by atoms with Crippen molar-refractivity contribution in [3.8, 4) is 22.8 Å². The van der Waals surface area contributed by atoms with E-state index in [1.165, 1.54) is 17.3 Å². The quantitative estimate of drug-likeness (QED) is 0.333. The van der Waals surface area contributed by atoms with Gasteiger partial charge in [0.15, 0.2) is 4.34 Å². The molecular weight excluding hydrogens is 412 g/mol. The lowest BCUT2D eigenvalue weighted by molar-refractivity contribution is -0.113. The zero-order valence-corrected chi connectivity index (χ0v) is 18.0. The van der Waals surface area contributed by atoms with Crippen LogP contribution in [0.2, 0.25) is 0 Å². The molecule has 1 aromatic heterocycles. The fourth-order valence-electron chi connectivity index (χ4n) is 2.74. The first-order chi connectivity index (χ1) is 14.7. The van der Waals surface area contributed by atoms with Crippen molar-refractivity contribution in [2.24, 2.45) is 0 Å². The van der Waals surface area contributed by atoms with Crippen molar-refractivity contribution in [3.05, 3.63) is 89.8 Å². The summed E-state index contributed by atoms with van der Waals surface area (Å²) >= 11 is 3.00. The van der Waals surface area contributed by atoms with Gasteiger partial charge in [-0.3, -0.25) is 4.79 Å². The molecule has 0 fully saturated rings. The van der Waals surface area contributed by atoms with Crippen LogP contribution >= 0.6 is 23.1 Å². The molecule has 4 rings (SSSR count). The first-order valence-electron chi connectivity index (χ1n) is 9.44. The summed E-state index contributed by atoms with van der Waals surface area (Å²) < 4.78 is 6.65. The van der Waals surface area contributed by atoms with Gasteiger partial charge >= 0.3 is 0 Å². The van der Waals surface area contributed by atoms with Crippen LogP contribution in [0.25, 0.3) is 11.3 Å². The molecule has 0 unspecified atom stereocenters. The van der Waals surface area contributed by atoms with Gasteiger partial charge in [-0.05, 0) is 43.3 Å². The maximum atomic E-state index is 12.3. The van der Waals surface area contributed by atoms with E-state index in [-0.39, 0.29) is 5.91 Å². The van der Waals surface area contributed by atoms with Gasteiger partial charge < -0.3 is 10.1 Å². The van der Waals surface area contributed by atoms with Gasteiger partial charge in [-0.2, -0.15) is 0 Å². The van der Waals surface area contributed by atoms with Gasteiger partial charge in [0.2, 0.25) is 5.91 Å². The van der Waals surface area contributed by atoms with Crippen LogP contribution in [0, 0.1) is 6.92 Å². The van der Waals surface area contributed by atoms with Gasteiger partial charge in [0, 0.05) is 16.6 Å². The number of carbonyl (C=O) groups is 1. The Morgan fingerprint density at radius 1 is 0.967 bits per heavy atom. The van der Waals surface area contributed by atoms with E-state index in [0.717, 1.165) is 32.8 Å². The number of nitrogens with one attached hydrogen (secondary N) is 1. The van der Waals surface area contributed by atoms with Crippen molar-refractivity contribution in [1.29, 1.82) is 0 Å². The van der Waals surface area contributed by atoms with E-state index in [1.54, 1.807) is 11.3 Å². The largest absolute Gasteiger partial charge is 0.457 e. The van der Waals surface area contributed by atoms with Crippen molar-refractivity contribution in [2.45, 2.75) is 11.3 Å². The van der Waals surface area contributed by atoms with E-state index in [0.29, 0.717) is 5.75 Å². The Morgan fingerprint density at radius 3 is 2.40 bits per heavy atom. The Labute approximate surface area is 184 Å². The fourth-order valence-corrected chi connectivity index (χ4v) is 4.37. The van der Waals surface area contributed by atoms with Crippen molar-refractivity contribution in [3.63, 3.8) is 0 Å². The molecule has 0 spiro atoms. The summed E-state index contributed by atoms with van der Waals surface area (Å²) in [4.78, 5) is 16.9. The second-order valence-corrected chi connectivity index (χ2v) is 8.72. The molecule has 0 radical (unpaired) electrons. The smallest absolute Gasteiger partial charge is 0.234 e. The summed E-state index contributed by atoms with van der Waals surface area (Å²) in [5, 5.41) is 4.93. The van der Waals surface area contributed by atoms with Gasteiger partial charge in [0.05, 0.1) is 11.4 Å². The van der Waals surface area contributed by atoms with Crippen LogP contribution < -0.4 is 10.1 Å². The first kappa shape index (κ1) is 20.2. The van der Waals surface area contributed by atoms with Crippen LogP contribution in [0.1, 0.15) is 5.56 Å². The number of ether oxygens (including phenoxy) is 1. The number of aromatic nitrogens is 1. The lowest BCUT2D eigenvalue weighted by Crippen LogP contribution is -2.13. The Morgan fingerprint density at radius 2 is 1.67 bits per heavy atom. The van der Waals surface area contributed by atoms with E-state index in [2.05, 4.69) is 41.5 Å². The van der Waals surface area contributed by atoms with Crippen LogP contribution in [-0.4, -0.2) is 16.6 Å². The summed E-state index contributed by atoms with van der Waals surface area (Å²) in [5.74, 6) is 1.74. The molecule has 0 saturated carbocycles. The number of hydrogen-bond donors (Lipinski definition) is 1. The molecule has 30 heavy (non-hydrogen) atoms. The Bertz CT molecular complexity index is 1110. The minimum atomic E-state index is -0.0659. The zero-order chi connectivity index (χ0) is 20.8. The highest BCUT2D eigenvalue weighted by molar-refractivity contribution is 8.01. The minimum Gasteiger partial charge on any atom is -0.457 e. The number of thioether (sulfide) groups is 1. The standard InChI is InChI=1S/C24H20N2O2S2/c1-17-7-9-18(10-8-17)22-15-29-24(26-22)30-16-23(27)25-19-11-13-21(14-12-19)28-20-5-3-2-4-6-20/h2-15H,16H2,1H3,(H,25,27). The van der Waals surface area contributed by atoms with Gasteiger partial charge in [-0.1, -0.05) is 59.8 Å². The highest BCUT2D eigenvalue weighted by Gasteiger charge is 2.09. The molecule has 1 N–H and O–H groups in total. The number of aryl methyl sites for hydroxylation is 1. The number of rotatable bonds is 7. The molecular formula is C24H20N2O2S2. The first-order valence-corrected chi connectivity index (χ1v) is 11.3. The second kappa shape index (κ2) is 9.61. The third kappa shape index (κ3) is 5.49. The topological polar surface area (TPSA) is 51.2 Å². The van der Waals surface area contributed by atoms with Crippen molar-refractivity contribution in [2.75, 3.05) is 11.1 Å². The fraction of sp³-hybridized carbons (Fsp3) is 0.0833. The monoisotopic (exact) mass is 432 g/mol. The highest BCUT2D eigenvalue weighted by atomic mass is 32.2. The van der Waals surface area contributed by atoms with Crippen LogP contribution in [0.15, 0.2) is 88.6 Å². The number of nitrogens with zero attached hydrogens (tertiary/aromatic N) is 1. The molecule has 4 nitrogen and oxygen atoms in total. The zero-order valence-electron chi connectivity index (χ0n) is 16.4. The van der Waals surface area contributed by atoms with Crippen molar-refractivity contribution >= 4 is 34.7 Å². The molecule has 0 aliphatic heterocycles. The van der Waals surface area contributed by atoms with E-state index in [9.17, 15) is 4.79 Å². The SMILES string of the molecule is Cc1ccc(-c2csc(SCC(=O)Nc3ccc(Oc4ccccc4)cc3)n2)cc1. The van der Waals surface area contributed by atoms with Gasteiger partial charge in [-0.25, -0.2) is 4.98 Å². The molecule has 0 bridgehead atoms. The van der Waals surface area contributed by atoms with Gasteiger partial charge in [0.1, 0.15) is 11.5 Å². The van der Waals surface area contributed by atoms with Crippen LogP contribution in [0.5, 0.6) is 11.5 Å². The summed E-state index contributed by atoms with van der Waals surface area (Å²) in [7, 11) is 0. The van der Waals surface area contributed by atoms with E-state index in [4.69, 9.17) is 4.74 Å². The van der Waals surface area contributed by atoms with Crippen molar-refractivity contribution < 1.29 is 9.53 Å². The number of benzene rings is 3.